The van der Waals surface area contributed by atoms with Gasteiger partial charge in [-0.25, -0.2) is 0 Å². The lowest BCUT2D eigenvalue weighted by molar-refractivity contribution is 0.344. The molecule has 2 aromatic carbocycles. The molecule has 0 aliphatic rings. The van der Waals surface area contributed by atoms with Gasteiger partial charge in [0.05, 0.1) is 11.6 Å². The van der Waals surface area contributed by atoms with Crippen LogP contribution in [0.4, 0.5) is 0 Å². The Morgan fingerprint density at radius 3 is 2.53 bits per heavy atom. The third kappa shape index (κ3) is 4.92. The maximum Gasteiger partial charge on any atom is 0.119 e. The average molecular weight is 378 g/mol. The van der Waals surface area contributed by atoms with Crippen molar-refractivity contribution in [2.45, 2.75) is 4.90 Å². The summed E-state index contributed by atoms with van der Waals surface area (Å²) in [7, 11) is 0. The predicted octanol–water partition coefficient (Wildman–Crippen LogP) is 5.93. The van der Waals surface area contributed by atoms with Crippen molar-refractivity contribution in [1.29, 1.82) is 0 Å². The minimum Gasteiger partial charge on any atom is -0.493 e. The number of ether oxygens (including phenoxy) is 1. The standard InChI is InChI=1S/C14H11BrCl2OS/c15-10-1-4-12(5-2-10)18-7-8-19-14-9-11(16)3-6-13(14)17/h1-6,9H,7-8H2. The molecule has 2 rings (SSSR count). The third-order valence-electron chi connectivity index (χ3n) is 2.32. The molecule has 0 aromatic heterocycles. The van der Waals surface area contributed by atoms with Crippen molar-refractivity contribution >= 4 is 50.9 Å². The highest BCUT2D eigenvalue weighted by Gasteiger charge is 2.02. The van der Waals surface area contributed by atoms with E-state index in [9.17, 15) is 0 Å². The number of thioether (sulfide) groups is 1. The molecule has 100 valence electrons. The molecule has 5 heteroatoms. The van der Waals surface area contributed by atoms with E-state index in [2.05, 4.69) is 15.9 Å². The van der Waals surface area contributed by atoms with Gasteiger partial charge in [-0.1, -0.05) is 39.1 Å². The summed E-state index contributed by atoms with van der Waals surface area (Å²) < 4.78 is 6.68. The molecule has 0 saturated carbocycles. The van der Waals surface area contributed by atoms with Crippen molar-refractivity contribution in [3.8, 4) is 5.75 Å². The first-order valence-electron chi connectivity index (χ1n) is 5.61. The van der Waals surface area contributed by atoms with Crippen LogP contribution in [-0.2, 0) is 0 Å². The highest BCUT2D eigenvalue weighted by atomic mass is 79.9. The second kappa shape index (κ2) is 7.44. The summed E-state index contributed by atoms with van der Waals surface area (Å²) in [5, 5.41) is 1.42. The Hall–Kier alpha value is -0.350. The zero-order chi connectivity index (χ0) is 13.7. The van der Waals surface area contributed by atoms with Crippen LogP contribution >= 0.6 is 50.9 Å². The maximum atomic E-state index is 6.08. The van der Waals surface area contributed by atoms with Gasteiger partial charge in [0.15, 0.2) is 0 Å². The van der Waals surface area contributed by atoms with Gasteiger partial charge in [0, 0.05) is 20.1 Å². The summed E-state index contributed by atoms with van der Waals surface area (Å²) in [5.41, 5.74) is 0. The molecule has 0 bridgehead atoms. The molecule has 0 saturated heterocycles. The summed E-state index contributed by atoms with van der Waals surface area (Å²) >= 11 is 17.0. The van der Waals surface area contributed by atoms with E-state index in [4.69, 9.17) is 27.9 Å². The van der Waals surface area contributed by atoms with Gasteiger partial charge in [-0.15, -0.1) is 11.8 Å². The summed E-state index contributed by atoms with van der Waals surface area (Å²) in [6.45, 7) is 0.620. The number of rotatable bonds is 5. The van der Waals surface area contributed by atoms with Crippen molar-refractivity contribution in [3.63, 3.8) is 0 Å². The van der Waals surface area contributed by atoms with E-state index in [1.54, 1.807) is 17.8 Å². The summed E-state index contributed by atoms with van der Waals surface area (Å²) in [4.78, 5) is 0.980. The molecular weight excluding hydrogens is 367 g/mol. The Bertz CT molecular complexity index is 546. The molecule has 0 amide bonds. The van der Waals surface area contributed by atoms with Gasteiger partial charge >= 0.3 is 0 Å². The van der Waals surface area contributed by atoms with Gasteiger partial charge in [-0.2, -0.15) is 0 Å². The van der Waals surface area contributed by atoms with Gasteiger partial charge in [0.25, 0.3) is 0 Å². The van der Waals surface area contributed by atoms with E-state index in [0.29, 0.717) is 11.6 Å². The molecule has 0 aliphatic carbocycles. The van der Waals surface area contributed by atoms with Crippen LogP contribution < -0.4 is 4.74 Å². The molecule has 0 spiro atoms. The largest absolute Gasteiger partial charge is 0.493 e. The smallest absolute Gasteiger partial charge is 0.119 e. The number of hydrogen-bond donors (Lipinski definition) is 0. The zero-order valence-corrected chi connectivity index (χ0v) is 13.8. The summed E-state index contributed by atoms with van der Waals surface area (Å²) in [6.07, 6.45) is 0. The summed E-state index contributed by atoms with van der Waals surface area (Å²) in [6, 6.07) is 13.2. The number of benzene rings is 2. The van der Waals surface area contributed by atoms with Gasteiger partial charge in [0.1, 0.15) is 5.75 Å². The lowest BCUT2D eigenvalue weighted by Gasteiger charge is -2.07. The zero-order valence-electron chi connectivity index (χ0n) is 9.91. The Kier molecular flexibility index (Phi) is 5.89. The number of halogens is 3. The van der Waals surface area contributed by atoms with Gasteiger partial charge in [-0.05, 0) is 42.5 Å². The van der Waals surface area contributed by atoms with Gasteiger partial charge in [-0.3, -0.25) is 0 Å². The quantitative estimate of drug-likeness (QED) is 0.471. The second-order valence-corrected chi connectivity index (χ2v) is 6.62. The lowest BCUT2D eigenvalue weighted by atomic mass is 10.3. The van der Waals surface area contributed by atoms with E-state index in [0.717, 1.165) is 25.9 Å². The highest BCUT2D eigenvalue weighted by Crippen LogP contribution is 2.29. The molecule has 0 N–H and O–H groups in total. The van der Waals surface area contributed by atoms with Crippen LogP contribution in [0, 0.1) is 0 Å². The SMILES string of the molecule is Clc1ccc(Cl)c(SCCOc2ccc(Br)cc2)c1. The normalized spacial score (nSPS) is 10.5. The Labute approximate surface area is 135 Å². The monoisotopic (exact) mass is 376 g/mol. The van der Waals surface area contributed by atoms with Gasteiger partial charge in [0.2, 0.25) is 0 Å². The van der Waals surface area contributed by atoms with E-state index in [1.165, 1.54) is 0 Å². The molecule has 0 radical (unpaired) electrons. The van der Waals surface area contributed by atoms with E-state index in [1.807, 2.05) is 36.4 Å². The van der Waals surface area contributed by atoms with Crippen molar-refractivity contribution < 1.29 is 4.74 Å². The first kappa shape index (κ1) is 15.0. The molecular formula is C14H11BrCl2OS. The Balaban J connectivity index is 1.80. The average Bonchev–Trinajstić information content (AvgIpc) is 2.40. The minimum absolute atomic E-state index is 0.620. The highest BCUT2D eigenvalue weighted by molar-refractivity contribution is 9.10. The van der Waals surface area contributed by atoms with Crippen molar-refractivity contribution in [2.75, 3.05) is 12.4 Å². The first-order chi connectivity index (χ1) is 9.15. The van der Waals surface area contributed by atoms with E-state index in [-0.39, 0.29) is 0 Å². The Morgan fingerprint density at radius 1 is 1.05 bits per heavy atom. The predicted molar refractivity (Wildman–Crippen MR) is 86.8 cm³/mol. The van der Waals surface area contributed by atoms with Gasteiger partial charge < -0.3 is 4.74 Å². The maximum absolute atomic E-state index is 6.08. The fraction of sp³-hybridized carbons (Fsp3) is 0.143. The molecule has 0 unspecified atom stereocenters. The molecule has 0 fully saturated rings. The molecule has 0 heterocycles. The van der Waals surface area contributed by atoms with Crippen molar-refractivity contribution in [1.82, 2.24) is 0 Å². The lowest BCUT2D eigenvalue weighted by Crippen LogP contribution is -1.99. The van der Waals surface area contributed by atoms with Crippen LogP contribution in [0.2, 0.25) is 10.0 Å². The van der Waals surface area contributed by atoms with Crippen molar-refractivity contribution in [2.24, 2.45) is 0 Å². The van der Waals surface area contributed by atoms with E-state index >= 15 is 0 Å². The molecule has 19 heavy (non-hydrogen) atoms. The van der Waals surface area contributed by atoms with Crippen molar-refractivity contribution in [3.05, 3.63) is 57.0 Å². The minimum atomic E-state index is 0.620. The van der Waals surface area contributed by atoms with Crippen LogP contribution in [-0.4, -0.2) is 12.4 Å². The molecule has 0 atom stereocenters. The fourth-order valence-corrected chi connectivity index (χ4v) is 3.01. The van der Waals surface area contributed by atoms with E-state index < -0.39 is 0 Å². The molecule has 0 aliphatic heterocycles. The fourth-order valence-electron chi connectivity index (χ4n) is 1.43. The summed E-state index contributed by atoms with van der Waals surface area (Å²) in [5.74, 6) is 1.68. The molecule has 2 aromatic rings. The first-order valence-corrected chi connectivity index (χ1v) is 8.15. The Morgan fingerprint density at radius 2 is 1.79 bits per heavy atom. The van der Waals surface area contributed by atoms with Crippen LogP contribution in [0.5, 0.6) is 5.75 Å². The topological polar surface area (TPSA) is 9.23 Å². The van der Waals surface area contributed by atoms with Crippen LogP contribution in [0.3, 0.4) is 0 Å². The van der Waals surface area contributed by atoms with Crippen LogP contribution in [0.25, 0.3) is 0 Å². The second-order valence-electron chi connectivity index (χ2n) is 3.73. The molecule has 1 nitrogen and oxygen atoms in total. The van der Waals surface area contributed by atoms with Crippen LogP contribution in [0.1, 0.15) is 0 Å². The number of hydrogen-bond acceptors (Lipinski definition) is 2. The third-order valence-corrected chi connectivity index (χ3v) is 4.54. The van der Waals surface area contributed by atoms with Crippen LogP contribution in [0.15, 0.2) is 51.8 Å².